The molecule has 3 amide bonds. The van der Waals surface area contributed by atoms with Gasteiger partial charge in [0, 0.05) is 56.4 Å². The highest BCUT2D eigenvalue weighted by atomic mass is 35.5. The molecule has 2 saturated heterocycles. The molecule has 5 atom stereocenters. The Morgan fingerprint density at radius 3 is 2.55 bits per heavy atom. The molecule has 3 saturated carbocycles. The van der Waals surface area contributed by atoms with Gasteiger partial charge in [-0.2, -0.15) is 0 Å². The van der Waals surface area contributed by atoms with Crippen LogP contribution in [0.4, 0.5) is 0 Å². The van der Waals surface area contributed by atoms with Crippen LogP contribution in [0.2, 0.25) is 5.02 Å². The number of ether oxygens (including phenoxy) is 1. The summed E-state index contributed by atoms with van der Waals surface area (Å²) in [4.78, 5) is 58.3. The number of carboxylic acids is 1. The third kappa shape index (κ3) is 4.16. The summed E-state index contributed by atoms with van der Waals surface area (Å²) in [6.07, 6.45) is 6.95. The molecule has 1 N–H and O–H groups in total. The van der Waals surface area contributed by atoms with Gasteiger partial charge in [0.2, 0.25) is 17.7 Å². The van der Waals surface area contributed by atoms with E-state index in [2.05, 4.69) is 0 Å². The summed E-state index contributed by atoms with van der Waals surface area (Å²) >= 11 is 6.83. The van der Waals surface area contributed by atoms with Gasteiger partial charge in [0.25, 0.3) is 0 Å². The van der Waals surface area contributed by atoms with Crippen molar-refractivity contribution in [2.24, 2.45) is 16.7 Å². The fourth-order valence-electron chi connectivity index (χ4n) is 8.63. The Labute approximate surface area is 251 Å². The summed E-state index contributed by atoms with van der Waals surface area (Å²) in [6.45, 7) is 5.55. The van der Waals surface area contributed by atoms with Crippen LogP contribution in [0.5, 0.6) is 5.75 Å². The van der Waals surface area contributed by atoms with Gasteiger partial charge >= 0.3 is 5.97 Å². The molecule has 2 unspecified atom stereocenters. The van der Waals surface area contributed by atoms with E-state index in [1.165, 1.54) is 0 Å². The molecule has 0 radical (unpaired) electrons. The normalized spacial score (nSPS) is 34.6. The summed E-state index contributed by atoms with van der Waals surface area (Å²) in [5, 5.41) is 10.9. The number of hydrogen-bond donors (Lipinski definition) is 1. The van der Waals surface area contributed by atoms with Crippen LogP contribution >= 0.6 is 11.6 Å². The maximum absolute atomic E-state index is 14.6. The van der Waals surface area contributed by atoms with Crippen molar-refractivity contribution in [3.8, 4) is 5.75 Å². The molecule has 9 nitrogen and oxygen atoms in total. The monoisotopic (exact) mass is 597 g/mol. The first kappa shape index (κ1) is 28.0. The quantitative estimate of drug-likeness (QED) is 0.550. The Bertz CT molecular complexity index is 1380. The second-order valence-electron chi connectivity index (χ2n) is 14.0. The average Bonchev–Trinajstić information content (AvgIpc) is 3.77. The number of benzene rings is 1. The minimum Gasteiger partial charge on any atom is -0.488 e. The number of nitrogens with zero attached hydrogens (tertiary/aromatic N) is 3. The zero-order valence-corrected chi connectivity index (χ0v) is 25.3. The average molecular weight is 598 g/mol. The predicted octanol–water partition coefficient (Wildman–Crippen LogP) is 3.99. The smallest absolute Gasteiger partial charge is 0.310 e. The number of halogens is 1. The molecule has 7 rings (SSSR count). The van der Waals surface area contributed by atoms with E-state index in [1.54, 1.807) is 18.7 Å². The van der Waals surface area contributed by atoms with Crippen molar-refractivity contribution in [1.82, 2.24) is 14.7 Å². The van der Waals surface area contributed by atoms with E-state index in [1.807, 2.05) is 21.9 Å². The molecular weight excluding hydrogens is 558 g/mol. The molecule has 1 aromatic carbocycles. The first-order valence-corrected chi connectivity index (χ1v) is 16.0. The Morgan fingerprint density at radius 1 is 1.10 bits per heavy atom. The van der Waals surface area contributed by atoms with Gasteiger partial charge in [0.15, 0.2) is 0 Å². The van der Waals surface area contributed by atoms with Gasteiger partial charge in [0.1, 0.15) is 11.9 Å². The van der Waals surface area contributed by atoms with Crippen LogP contribution in [0.3, 0.4) is 0 Å². The molecule has 5 fully saturated rings. The van der Waals surface area contributed by atoms with Crippen molar-refractivity contribution in [2.45, 2.75) is 95.7 Å². The number of rotatable bonds is 5. The molecule has 226 valence electrons. The van der Waals surface area contributed by atoms with Gasteiger partial charge < -0.3 is 24.5 Å². The van der Waals surface area contributed by atoms with Crippen LogP contribution in [0.15, 0.2) is 12.1 Å². The van der Waals surface area contributed by atoms with Gasteiger partial charge in [-0.25, -0.2) is 0 Å². The molecule has 3 aliphatic carbocycles. The van der Waals surface area contributed by atoms with Crippen LogP contribution in [0.1, 0.15) is 82.8 Å². The van der Waals surface area contributed by atoms with Crippen LogP contribution in [0, 0.1) is 16.7 Å². The van der Waals surface area contributed by atoms with Gasteiger partial charge in [-0.3, -0.25) is 19.2 Å². The summed E-state index contributed by atoms with van der Waals surface area (Å²) < 4.78 is 6.64. The fraction of sp³-hybridized carbons (Fsp3) is 0.688. The standard InChI is InChI=1S/C32H40ClN3O6/c1-19(37)34-13-8-20(17-34)42-24-7-6-23(33)21-9-14-36(28(39)22-5-3-4-10-30(22,2)29(40)41)32(27(21)24)15-25(32)35-18-31(11-12-31)16-26(35)38/h6-7,20,22,25H,3-5,8-18H2,1-2H3,(H,40,41)/t20?,22-,25?,30-,32-/m0/s1. The summed E-state index contributed by atoms with van der Waals surface area (Å²) in [6, 6.07) is 3.52. The third-order valence-electron chi connectivity index (χ3n) is 11.4. The lowest BCUT2D eigenvalue weighted by Crippen LogP contribution is -2.55. The number of likely N-dealkylation sites (tertiary alicyclic amines) is 2. The number of hydrogen-bond acceptors (Lipinski definition) is 5. The molecule has 0 bridgehead atoms. The van der Waals surface area contributed by atoms with Crippen LogP contribution < -0.4 is 4.74 Å². The minimum atomic E-state index is -1.13. The molecule has 1 aromatic rings. The molecule has 3 heterocycles. The highest BCUT2D eigenvalue weighted by Gasteiger charge is 2.70. The minimum absolute atomic E-state index is 0.0187. The number of carbonyl (C=O) groups is 4. The van der Waals surface area contributed by atoms with Gasteiger partial charge in [-0.1, -0.05) is 24.4 Å². The number of carbonyl (C=O) groups excluding carboxylic acids is 3. The number of amides is 3. The van der Waals surface area contributed by atoms with Gasteiger partial charge in [-0.15, -0.1) is 0 Å². The van der Waals surface area contributed by atoms with Crippen LogP contribution in [-0.2, 0) is 31.1 Å². The summed E-state index contributed by atoms with van der Waals surface area (Å²) in [5.41, 5.74) is -0.0445. The third-order valence-corrected chi connectivity index (χ3v) is 11.8. The maximum Gasteiger partial charge on any atom is 0.310 e. The van der Waals surface area contributed by atoms with E-state index in [-0.39, 0.29) is 35.3 Å². The molecule has 42 heavy (non-hydrogen) atoms. The molecular formula is C32H40ClN3O6. The highest BCUT2D eigenvalue weighted by molar-refractivity contribution is 6.31. The first-order valence-electron chi connectivity index (χ1n) is 15.6. The Morgan fingerprint density at radius 2 is 1.88 bits per heavy atom. The zero-order chi connectivity index (χ0) is 29.6. The molecule has 10 heteroatoms. The lowest BCUT2D eigenvalue weighted by molar-refractivity contribution is -0.163. The molecule has 0 aromatic heterocycles. The van der Waals surface area contributed by atoms with E-state index >= 15 is 0 Å². The largest absolute Gasteiger partial charge is 0.488 e. The Hall–Kier alpha value is -2.81. The summed E-state index contributed by atoms with van der Waals surface area (Å²) in [7, 11) is 0. The lowest BCUT2D eigenvalue weighted by Gasteiger charge is -2.46. The van der Waals surface area contributed by atoms with Crippen molar-refractivity contribution < 1.29 is 29.0 Å². The van der Waals surface area contributed by atoms with Gasteiger partial charge in [0.05, 0.1) is 29.5 Å². The number of fused-ring (bicyclic) bond motifs is 2. The van der Waals surface area contributed by atoms with Crippen LogP contribution in [-0.4, -0.2) is 81.8 Å². The van der Waals surface area contributed by atoms with E-state index in [9.17, 15) is 24.3 Å². The summed E-state index contributed by atoms with van der Waals surface area (Å²) in [5.74, 6) is -0.870. The second-order valence-corrected chi connectivity index (χ2v) is 14.4. The highest BCUT2D eigenvalue weighted by Crippen LogP contribution is 2.64. The maximum atomic E-state index is 14.6. The SMILES string of the molecule is CC(=O)N1CCC(Oc2ccc(Cl)c3c2[C@@]2(CC2N2CC4(CC4)CC2=O)N(C(=O)[C@@H]2CCCC[C@]2(C)C(=O)O)CC3)C1. The van der Waals surface area contributed by atoms with Crippen molar-refractivity contribution in [3.05, 3.63) is 28.3 Å². The lowest BCUT2D eigenvalue weighted by atomic mass is 9.66. The second kappa shape index (κ2) is 9.60. The van der Waals surface area contributed by atoms with E-state index in [0.717, 1.165) is 36.8 Å². The van der Waals surface area contributed by atoms with Crippen molar-refractivity contribution in [1.29, 1.82) is 0 Å². The predicted molar refractivity (Wildman–Crippen MR) is 154 cm³/mol. The van der Waals surface area contributed by atoms with Gasteiger partial charge in [-0.05, 0) is 62.1 Å². The molecule has 6 aliphatic rings. The topological polar surface area (TPSA) is 107 Å². The van der Waals surface area contributed by atoms with E-state index in [4.69, 9.17) is 16.3 Å². The Balaban J connectivity index is 1.30. The van der Waals surface area contributed by atoms with E-state index in [0.29, 0.717) is 75.5 Å². The first-order chi connectivity index (χ1) is 20.0. The van der Waals surface area contributed by atoms with Crippen molar-refractivity contribution in [3.63, 3.8) is 0 Å². The fourth-order valence-corrected chi connectivity index (χ4v) is 8.88. The molecule has 3 aliphatic heterocycles. The van der Waals surface area contributed by atoms with Crippen molar-refractivity contribution in [2.75, 3.05) is 26.2 Å². The Kier molecular flexibility index (Phi) is 6.40. The van der Waals surface area contributed by atoms with Crippen LogP contribution in [0.25, 0.3) is 0 Å². The number of carboxylic acid groups (broad SMARTS) is 1. The number of aliphatic carboxylic acids is 1. The van der Waals surface area contributed by atoms with Crippen molar-refractivity contribution >= 4 is 35.3 Å². The molecule has 2 spiro atoms. The van der Waals surface area contributed by atoms with E-state index < -0.39 is 22.8 Å². The zero-order valence-electron chi connectivity index (χ0n) is 24.5.